The van der Waals surface area contributed by atoms with Crippen molar-refractivity contribution < 1.29 is 19.1 Å². The molecule has 2 aliphatic heterocycles. The van der Waals surface area contributed by atoms with E-state index in [-0.39, 0.29) is 29.5 Å². The van der Waals surface area contributed by atoms with Crippen LogP contribution in [0.5, 0.6) is 5.75 Å². The lowest BCUT2D eigenvalue weighted by Gasteiger charge is -2.40. The maximum Gasteiger partial charge on any atom is 0.290 e. The van der Waals surface area contributed by atoms with Crippen molar-refractivity contribution in [3.63, 3.8) is 0 Å². The lowest BCUT2D eigenvalue weighted by Crippen LogP contribution is -2.43. The number of ether oxygens (including phenoxy) is 2. The van der Waals surface area contributed by atoms with Crippen molar-refractivity contribution in [2.75, 3.05) is 13.7 Å². The molecule has 2 aromatic carbocycles. The standard InChI is InChI=1S/C28H30ClNO4/c1-16-13-22-23(14-17(16)2)34-27-24(26(22)31)25(19-5-4-6-20(29)15-19)30(28(27)32)12-11-18-7-9-21(33-3)10-8-18/h4-10,15-17,22-23,25H,11-14H2,1-3H3. The molecule has 178 valence electrons. The minimum absolute atomic E-state index is 0.0651. The Hall–Kier alpha value is -2.79. The summed E-state index contributed by atoms with van der Waals surface area (Å²) >= 11 is 6.32. The fourth-order valence-electron chi connectivity index (χ4n) is 5.60. The molecule has 0 bridgehead atoms. The largest absolute Gasteiger partial charge is 0.497 e. The molecule has 1 amide bonds. The quantitative estimate of drug-likeness (QED) is 0.577. The molecule has 1 aliphatic carbocycles. The van der Waals surface area contributed by atoms with Crippen LogP contribution in [0.15, 0.2) is 59.9 Å². The topological polar surface area (TPSA) is 55.8 Å². The zero-order valence-electron chi connectivity index (χ0n) is 19.8. The third-order valence-electron chi connectivity index (χ3n) is 7.77. The number of carbonyl (C=O) groups excluding carboxylic acids is 2. The summed E-state index contributed by atoms with van der Waals surface area (Å²) in [6.45, 7) is 4.87. The maximum absolute atomic E-state index is 13.8. The van der Waals surface area contributed by atoms with E-state index in [1.54, 1.807) is 18.1 Å². The van der Waals surface area contributed by atoms with Crippen molar-refractivity contribution in [2.45, 2.75) is 45.3 Å². The molecule has 5 unspecified atom stereocenters. The second kappa shape index (κ2) is 9.10. The number of hydrogen-bond acceptors (Lipinski definition) is 4. The van der Waals surface area contributed by atoms with Crippen molar-refractivity contribution in [2.24, 2.45) is 17.8 Å². The van der Waals surface area contributed by atoms with Crippen LogP contribution in [-0.2, 0) is 20.7 Å². The van der Waals surface area contributed by atoms with E-state index in [0.29, 0.717) is 35.4 Å². The van der Waals surface area contributed by atoms with Crippen LogP contribution in [0.3, 0.4) is 0 Å². The summed E-state index contributed by atoms with van der Waals surface area (Å²) in [6.07, 6.45) is 2.03. The number of hydrogen-bond donors (Lipinski definition) is 0. The third kappa shape index (κ3) is 4.00. The molecule has 2 aromatic rings. The highest BCUT2D eigenvalue weighted by atomic mass is 35.5. The average molecular weight is 480 g/mol. The normalized spacial score (nSPS) is 28.5. The molecule has 6 heteroatoms. The van der Waals surface area contributed by atoms with Crippen LogP contribution in [-0.4, -0.2) is 36.3 Å². The monoisotopic (exact) mass is 479 g/mol. The summed E-state index contributed by atoms with van der Waals surface area (Å²) in [6, 6.07) is 14.8. The Balaban J connectivity index is 1.48. The first-order valence-corrected chi connectivity index (χ1v) is 12.4. The molecule has 2 heterocycles. The van der Waals surface area contributed by atoms with Crippen molar-refractivity contribution in [3.8, 4) is 5.75 Å². The number of halogens is 1. The highest BCUT2D eigenvalue weighted by Gasteiger charge is 2.53. The second-order valence-corrected chi connectivity index (χ2v) is 10.3. The van der Waals surface area contributed by atoms with Gasteiger partial charge in [-0.1, -0.05) is 49.7 Å². The number of methoxy groups -OCH3 is 1. The second-order valence-electron chi connectivity index (χ2n) is 9.85. The zero-order chi connectivity index (χ0) is 24.0. The molecule has 0 aromatic heterocycles. The number of Topliss-reactive ketones (excluding diaryl/α,β-unsaturated/α-hetero) is 1. The highest BCUT2D eigenvalue weighted by Crippen LogP contribution is 2.48. The zero-order valence-corrected chi connectivity index (χ0v) is 20.5. The summed E-state index contributed by atoms with van der Waals surface area (Å²) in [5.41, 5.74) is 2.44. The molecular weight excluding hydrogens is 450 g/mol. The summed E-state index contributed by atoms with van der Waals surface area (Å²) in [5.74, 6) is 1.61. The molecule has 5 nitrogen and oxygen atoms in total. The number of carbonyl (C=O) groups is 2. The fraction of sp³-hybridized carbons (Fsp3) is 0.429. The van der Waals surface area contributed by atoms with Crippen molar-refractivity contribution in [3.05, 3.63) is 76.0 Å². The Kier molecular flexibility index (Phi) is 6.15. The van der Waals surface area contributed by atoms with E-state index >= 15 is 0 Å². The minimum atomic E-state index is -0.484. The number of fused-ring (bicyclic) bond motifs is 1. The lowest BCUT2D eigenvalue weighted by molar-refractivity contribution is -0.137. The Morgan fingerprint density at radius 3 is 2.50 bits per heavy atom. The van der Waals surface area contributed by atoms with Gasteiger partial charge in [-0.05, 0) is 66.5 Å². The molecule has 0 spiro atoms. The first-order chi connectivity index (χ1) is 16.4. The minimum Gasteiger partial charge on any atom is -0.497 e. The summed E-state index contributed by atoms with van der Waals surface area (Å²) in [5, 5.41) is 0.580. The molecule has 5 rings (SSSR count). The van der Waals surface area contributed by atoms with Gasteiger partial charge in [0, 0.05) is 11.6 Å². The lowest BCUT2D eigenvalue weighted by atomic mass is 9.70. The summed E-state index contributed by atoms with van der Waals surface area (Å²) < 4.78 is 11.6. The van der Waals surface area contributed by atoms with Gasteiger partial charge in [0.05, 0.1) is 24.6 Å². The fourth-order valence-corrected chi connectivity index (χ4v) is 5.80. The summed E-state index contributed by atoms with van der Waals surface area (Å²) in [4.78, 5) is 29.2. The molecule has 0 N–H and O–H groups in total. The predicted octanol–water partition coefficient (Wildman–Crippen LogP) is 5.38. The van der Waals surface area contributed by atoms with E-state index in [1.165, 1.54) is 0 Å². The van der Waals surface area contributed by atoms with Crippen LogP contribution in [0.1, 0.15) is 43.9 Å². The van der Waals surface area contributed by atoms with Crippen LogP contribution in [0.25, 0.3) is 0 Å². The first kappa shape index (κ1) is 23.0. The number of rotatable bonds is 5. The van der Waals surface area contributed by atoms with Gasteiger partial charge in [-0.3, -0.25) is 9.59 Å². The highest BCUT2D eigenvalue weighted by molar-refractivity contribution is 6.30. The predicted molar refractivity (Wildman–Crippen MR) is 131 cm³/mol. The smallest absolute Gasteiger partial charge is 0.290 e. The third-order valence-corrected chi connectivity index (χ3v) is 8.01. The first-order valence-electron chi connectivity index (χ1n) is 12.0. The van der Waals surface area contributed by atoms with Gasteiger partial charge in [-0.25, -0.2) is 0 Å². The van der Waals surface area contributed by atoms with E-state index in [1.807, 2.05) is 42.5 Å². The van der Waals surface area contributed by atoms with Crippen LogP contribution < -0.4 is 4.74 Å². The van der Waals surface area contributed by atoms with E-state index in [2.05, 4.69) is 13.8 Å². The Morgan fingerprint density at radius 1 is 1.06 bits per heavy atom. The van der Waals surface area contributed by atoms with Crippen molar-refractivity contribution >= 4 is 23.3 Å². The van der Waals surface area contributed by atoms with Gasteiger partial charge in [-0.2, -0.15) is 0 Å². The van der Waals surface area contributed by atoms with Gasteiger partial charge in [-0.15, -0.1) is 0 Å². The molecule has 5 atom stereocenters. The van der Waals surface area contributed by atoms with Crippen molar-refractivity contribution in [1.82, 2.24) is 4.90 Å². The van der Waals surface area contributed by atoms with Crippen LogP contribution in [0.2, 0.25) is 5.02 Å². The molecule has 0 saturated heterocycles. The Morgan fingerprint density at radius 2 is 1.79 bits per heavy atom. The van der Waals surface area contributed by atoms with Crippen molar-refractivity contribution in [1.29, 1.82) is 0 Å². The van der Waals surface area contributed by atoms with Crippen LogP contribution in [0.4, 0.5) is 0 Å². The van der Waals surface area contributed by atoms with E-state index in [9.17, 15) is 9.59 Å². The Bertz CT molecular complexity index is 1140. The van der Waals surface area contributed by atoms with E-state index < -0.39 is 6.04 Å². The Labute approximate surface area is 205 Å². The SMILES string of the molecule is COc1ccc(CCN2C(=O)C3=C(C(=O)C4CC(C)C(C)CC4O3)C2c2cccc(Cl)c2)cc1. The van der Waals surface area contributed by atoms with Crippen LogP contribution >= 0.6 is 11.6 Å². The molecule has 1 saturated carbocycles. The number of benzene rings is 2. The number of amides is 1. The molecule has 1 fully saturated rings. The van der Waals surface area contributed by atoms with Gasteiger partial charge in [0.15, 0.2) is 11.5 Å². The number of nitrogens with zero attached hydrogens (tertiary/aromatic N) is 1. The number of ketones is 1. The average Bonchev–Trinajstić information content (AvgIpc) is 3.11. The molecule has 34 heavy (non-hydrogen) atoms. The molecule has 0 radical (unpaired) electrons. The van der Waals surface area contributed by atoms with Gasteiger partial charge in [0.2, 0.25) is 0 Å². The molecular formula is C28H30ClNO4. The maximum atomic E-state index is 13.8. The van der Waals surface area contributed by atoms with Gasteiger partial charge in [0.1, 0.15) is 11.9 Å². The van der Waals surface area contributed by atoms with E-state index in [0.717, 1.165) is 29.7 Å². The van der Waals surface area contributed by atoms with E-state index in [4.69, 9.17) is 21.1 Å². The summed E-state index contributed by atoms with van der Waals surface area (Å²) in [7, 11) is 1.64. The molecule has 3 aliphatic rings. The van der Waals surface area contributed by atoms with Gasteiger partial charge >= 0.3 is 0 Å². The van der Waals surface area contributed by atoms with Gasteiger partial charge in [0.25, 0.3) is 5.91 Å². The van der Waals surface area contributed by atoms with Crippen LogP contribution in [0, 0.1) is 17.8 Å². The van der Waals surface area contributed by atoms with Gasteiger partial charge < -0.3 is 14.4 Å².